The molecule has 0 aliphatic heterocycles. The lowest BCUT2D eigenvalue weighted by molar-refractivity contribution is -0.114. The summed E-state index contributed by atoms with van der Waals surface area (Å²) in [5, 5.41) is 5.57. The molecule has 5 nitrogen and oxygen atoms in total. The maximum absolute atomic E-state index is 13.0. The van der Waals surface area contributed by atoms with Crippen LogP contribution in [-0.2, 0) is 4.79 Å². The Morgan fingerprint density at radius 3 is 2.50 bits per heavy atom. The van der Waals surface area contributed by atoms with Crippen molar-refractivity contribution in [2.45, 2.75) is 0 Å². The topological polar surface area (TPSA) is 59.6 Å². The smallest absolute Gasteiger partial charge is 0.243 e. The molecule has 0 saturated carbocycles. The van der Waals surface area contributed by atoms with Crippen LogP contribution >= 0.6 is 0 Å². The second-order valence-corrected chi connectivity index (χ2v) is 4.48. The van der Waals surface area contributed by atoms with Crippen molar-refractivity contribution in [1.82, 2.24) is 0 Å². The van der Waals surface area contributed by atoms with Crippen molar-refractivity contribution < 1.29 is 18.7 Å². The van der Waals surface area contributed by atoms with E-state index in [0.717, 1.165) is 0 Å². The fourth-order valence-electron chi connectivity index (χ4n) is 1.90. The van der Waals surface area contributed by atoms with Gasteiger partial charge < -0.3 is 20.1 Å². The molecule has 0 bridgehead atoms. The van der Waals surface area contributed by atoms with E-state index in [0.29, 0.717) is 22.9 Å². The number of ether oxygens (including phenoxy) is 2. The van der Waals surface area contributed by atoms with Crippen molar-refractivity contribution in [2.75, 3.05) is 31.4 Å². The van der Waals surface area contributed by atoms with E-state index in [2.05, 4.69) is 10.6 Å². The van der Waals surface area contributed by atoms with Crippen LogP contribution in [0.2, 0.25) is 0 Å². The lowest BCUT2D eigenvalue weighted by Gasteiger charge is -2.11. The Bertz CT molecular complexity index is 662. The quantitative estimate of drug-likeness (QED) is 0.861. The Balaban J connectivity index is 1.93. The minimum atomic E-state index is -0.398. The molecule has 0 aromatic heterocycles. The number of carbonyl (C=O) groups is 1. The highest BCUT2D eigenvalue weighted by Crippen LogP contribution is 2.29. The highest BCUT2D eigenvalue weighted by atomic mass is 19.1. The standard InChI is InChI=1S/C16H17FN2O3/c1-21-14-7-6-12(9-15(14)22-2)18-10-16(20)19-13-5-3-4-11(17)8-13/h3-9,18H,10H2,1-2H3,(H,19,20). The monoisotopic (exact) mass is 304 g/mol. The number of amides is 1. The van der Waals surface area contributed by atoms with Crippen LogP contribution in [0.3, 0.4) is 0 Å². The molecule has 2 N–H and O–H groups in total. The molecule has 0 spiro atoms. The Hall–Kier alpha value is -2.76. The lowest BCUT2D eigenvalue weighted by atomic mass is 10.2. The Kier molecular flexibility index (Phi) is 5.19. The molecule has 0 heterocycles. The summed E-state index contributed by atoms with van der Waals surface area (Å²) < 4.78 is 23.4. The van der Waals surface area contributed by atoms with Crippen molar-refractivity contribution in [3.05, 3.63) is 48.3 Å². The van der Waals surface area contributed by atoms with Crippen LogP contribution in [0.5, 0.6) is 11.5 Å². The zero-order valence-corrected chi connectivity index (χ0v) is 12.4. The van der Waals surface area contributed by atoms with Crippen molar-refractivity contribution in [1.29, 1.82) is 0 Å². The number of hydrogen-bond donors (Lipinski definition) is 2. The van der Waals surface area contributed by atoms with E-state index in [9.17, 15) is 9.18 Å². The Morgan fingerprint density at radius 2 is 1.82 bits per heavy atom. The van der Waals surface area contributed by atoms with Gasteiger partial charge in [0.1, 0.15) is 5.82 Å². The Morgan fingerprint density at radius 1 is 1.05 bits per heavy atom. The van der Waals surface area contributed by atoms with Crippen LogP contribution < -0.4 is 20.1 Å². The van der Waals surface area contributed by atoms with Gasteiger partial charge in [0.15, 0.2) is 11.5 Å². The second kappa shape index (κ2) is 7.31. The van der Waals surface area contributed by atoms with Crippen LogP contribution in [0.25, 0.3) is 0 Å². The molecule has 0 fully saturated rings. The Labute approximate surface area is 128 Å². The third-order valence-corrected chi connectivity index (χ3v) is 2.94. The molecule has 0 aliphatic carbocycles. The zero-order valence-electron chi connectivity index (χ0n) is 12.4. The van der Waals surface area contributed by atoms with E-state index in [-0.39, 0.29) is 12.5 Å². The number of benzene rings is 2. The first kappa shape index (κ1) is 15.6. The van der Waals surface area contributed by atoms with Gasteiger partial charge in [-0.05, 0) is 30.3 Å². The van der Waals surface area contributed by atoms with Gasteiger partial charge in [0.05, 0.1) is 20.8 Å². The first-order chi connectivity index (χ1) is 10.6. The molecule has 6 heteroatoms. The van der Waals surface area contributed by atoms with Crippen molar-refractivity contribution in [3.63, 3.8) is 0 Å². The summed E-state index contributed by atoms with van der Waals surface area (Å²) in [6, 6.07) is 11.0. The number of rotatable bonds is 6. The second-order valence-electron chi connectivity index (χ2n) is 4.48. The summed E-state index contributed by atoms with van der Waals surface area (Å²) in [7, 11) is 3.09. The van der Waals surface area contributed by atoms with Crippen LogP contribution in [0, 0.1) is 5.82 Å². The number of nitrogens with one attached hydrogen (secondary N) is 2. The van der Waals surface area contributed by atoms with Crippen molar-refractivity contribution in [2.24, 2.45) is 0 Å². The molecule has 2 aromatic rings. The van der Waals surface area contributed by atoms with Gasteiger partial charge in [-0.3, -0.25) is 4.79 Å². The van der Waals surface area contributed by atoms with Crippen molar-refractivity contribution >= 4 is 17.3 Å². The SMILES string of the molecule is COc1ccc(NCC(=O)Nc2cccc(F)c2)cc1OC. The summed E-state index contributed by atoms with van der Waals surface area (Å²) in [6.07, 6.45) is 0. The first-order valence-corrected chi connectivity index (χ1v) is 6.63. The molecule has 0 unspecified atom stereocenters. The van der Waals surface area contributed by atoms with Gasteiger partial charge in [0.25, 0.3) is 0 Å². The molecule has 0 saturated heterocycles. The molecule has 0 atom stereocenters. The van der Waals surface area contributed by atoms with Crippen LogP contribution in [0.15, 0.2) is 42.5 Å². The molecule has 1 amide bonds. The van der Waals surface area contributed by atoms with E-state index >= 15 is 0 Å². The van der Waals surface area contributed by atoms with E-state index < -0.39 is 5.82 Å². The average Bonchev–Trinajstić information content (AvgIpc) is 2.52. The lowest BCUT2D eigenvalue weighted by Crippen LogP contribution is -2.21. The number of carbonyl (C=O) groups excluding carboxylic acids is 1. The van der Waals surface area contributed by atoms with E-state index in [1.165, 1.54) is 25.3 Å². The molecule has 0 aliphatic rings. The third kappa shape index (κ3) is 4.12. The minimum absolute atomic E-state index is 0.0476. The summed E-state index contributed by atoms with van der Waals surface area (Å²) in [4.78, 5) is 11.8. The average molecular weight is 304 g/mol. The number of halogens is 1. The van der Waals surface area contributed by atoms with Gasteiger partial charge in [-0.1, -0.05) is 6.07 Å². The predicted molar refractivity (Wildman–Crippen MR) is 83.1 cm³/mol. The van der Waals surface area contributed by atoms with E-state index in [4.69, 9.17) is 9.47 Å². The van der Waals surface area contributed by atoms with E-state index in [1.54, 1.807) is 31.4 Å². The fourth-order valence-corrected chi connectivity index (χ4v) is 1.90. The predicted octanol–water partition coefficient (Wildman–Crippen LogP) is 2.89. The van der Waals surface area contributed by atoms with Gasteiger partial charge >= 0.3 is 0 Å². The minimum Gasteiger partial charge on any atom is -0.493 e. The van der Waals surface area contributed by atoms with Crippen LogP contribution in [0.1, 0.15) is 0 Å². The van der Waals surface area contributed by atoms with Gasteiger partial charge in [-0.25, -0.2) is 4.39 Å². The summed E-state index contributed by atoms with van der Waals surface area (Å²) >= 11 is 0. The highest BCUT2D eigenvalue weighted by molar-refractivity contribution is 5.93. The van der Waals surface area contributed by atoms with Gasteiger partial charge in [-0.2, -0.15) is 0 Å². The van der Waals surface area contributed by atoms with Gasteiger partial charge in [0.2, 0.25) is 5.91 Å². The number of anilines is 2. The number of methoxy groups -OCH3 is 2. The van der Waals surface area contributed by atoms with Crippen LogP contribution in [-0.4, -0.2) is 26.7 Å². The van der Waals surface area contributed by atoms with Crippen molar-refractivity contribution in [3.8, 4) is 11.5 Å². The molecular formula is C16H17FN2O3. The fraction of sp³-hybridized carbons (Fsp3) is 0.188. The zero-order chi connectivity index (χ0) is 15.9. The molecule has 2 aromatic carbocycles. The first-order valence-electron chi connectivity index (χ1n) is 6.63. The van der Waals surface area contributed by atoms with Crippen LogP contribution in [0.4, 0.5) is 15.8 Å². The molecule has 2 rings (SSSR count). The summed E-state index contributed by atoms with van der Waals surface area (Å²) in [5.41, 5.74) is 1.13. The molecule has 116 valence electrons. The third-order valence-electron chi connectivity index (χ3n) is 2.94. The molecular weight excluding hydrogens is 287 g/mol. The molecule has 0 radical (unpaired) electrons. The number of hydrogen-bond acceptors (Lipinski definition) is 4. The maximum Gasteiger partial charge on any atom is 0.243 e. The summed E-state index contributed by atoms with van der Waals surface area (Å²) in [5.74, 6) is 0.501. The molecule has 22 heavy (non-hydrogen) atoms. The van der Waals surface area contributed by atoms with E-state index in [1.807, 2.05) is 0 Å². The van der Waals surface area contributed by atoms with Gasteiger partial charge in [0, 0.05) is 17.4 Å². The maximum atomic E-state index is 13.0. The summed E-state index contributed by atoms with van der Waals surface area (Å²) in [6.45, 7) is 0.0476. The van der Waals surface area contributed by atoms with Gasteiger partial charge in [-0.15, -0.1) is 0 Å². The largest absolute Gasteiger partial charge is 0.493 e. The normalized spacial score (nSPS) is 9.95. The highest BCUT2D eigenvalue weighted by Gasteiger charge is 2.06.